The molecule has 0 saturated carbocycles. The van der Waals surface area contributed by atoms with Gasteiger partial charge in [0.15, 0.2) is 9.84 Å². The summed E-state index contributed by atoms with van der Waals surface area (Å²) >= 11 is 0. The number of aromatic amines is 1. The maximum atomic E-state index is 13.2. The van der Waals surface area contributed by atoms with Crippen LogP contribution in [0.2, 0.25) is 0 Å². The Labute approximate surface area is 242 Å². The number of allylic oxidation sites excluding steroid dienone is 2. The number of fused-ring (bicyclic) bond motifs is 3. The van der Waals surface area contributed by atoms with E-state index >= 15 is 0 Å². The molecule has 2 heterocycles. The summed E-state index contributed by atoms with van der Waals surface area (Å²) in [4.78, 5) is 8.54. The highest BCUT2D eigenvalue weighted by Crippen LogP contribution is 2.41. The van der Waals surface area contributed by atoms with E-state index in [0.717, 1.165) is 64.3 Å². The molecule has 0 bridgehead atoms. The fourth-order valence-corrected chi connectivity index (χ4v) is 7.44. The molecule has 212 valence electrons. The van der Waals surface area contributed by atoms with Crippen LogP contribution in [0.1, 0.15) is 38.2 Å². The molecule has 5 aromatic rings. The first kappa shape index (κ1) is 27.2. The van der Waals surface area contributed by atoms with Crippen LogP contribution in [-0.4, -0.2) is 40.1 Å². The molecule has 1 N–H and O–H groups in total. The highest BCUT2D eigenvalue weighted by atomic mass is 32.2. The van der Waals surface area contributed by atoms with Crippen LogP contribution in [-0.2, 0) is 25.6 Å². The summed E-state index contributed by atoms with van der Waals surface area (Å²) in [5, 5.41) is 1.91. The number of hydrogen-bond donors (Lipinski definition) is 1. The Morgan fingerprint density at radius 1 is 0.951 bits per heavy atom. The smallest absolute Gasteiger partial charge is 0.231 e. The molecule has 0 spiro atoms. The second kappa shape index (κ2) is 10.5. The Morgan fingerprint density at radius 2 is 1.71 bits per heavy atom. The Hall–Kier alpha value is -3.95. The van der Waals surface area contributed by atoms with E-state index in [1.165, 1.54) is 23.2 Å². The fraction of sp³-hybridized carbons (Fsp3) is 0.219. The summed E-state index contributed by atoms with van der Waals surface area (Å²) in [7, 11) is -5.34. The lowest BCUT2D eigenvalue weighted by Gasteiger charge is -2.20. The third-order valence-electron chi connectivity index (χ3n) is 7.80. The van der Waals surface area contributed by atoms with E-state index in [1.54, 1.807) is 42.5 Å². The van der Waals surface area contributed by atoms with Gasteiger partial charge < -0.3 is 4.98 Å². The van der Waals surface area contributed by atoms with Crippen molar-refractivity contribution in [3.63, 3.8) is 0 Å². The lowest BCUT2D eigenvalue weighted by Crippen LogP contribution is -2.24. The second-order valence-corrected chi connectivity index (χ2v) is 14.6. The number of hydrogen-bond acceptors (Lipinski definition) is 5. The molecule has 2 aromatic heterocycles. The average molecular weight is 588 g/mol. The standard InChI is InChI=1S/C32H31N3O4S2.H2/c1-35(40(2,36)37)25-16-14-23(15-17-25)28-20-33-32-31(30(28)24-9-5-3-6-10-24)27-19-22(13-18-29(27)34-32)21-41(38,39)26-11-7-4-8-12-26;/h4,7-9,11-20H,3,5-6,10,21H2,1-2H3,(H,33,34);1H. The minimum absolute atomic E-state index is 0. The Morgan fingerprint density at radius 3 is 2.39 bits per heavy atom. The van der Waals surface area contributed by atoms with Crippen molar-refractivity contribution in [2.45, 2.75) is 36.3 Å². The SMILES string of the molecule is CN(c1ccc(-c2cnc3[nH]c4ccc(CS(=O)(=O)c5ccccc5)cc4c3c2C2=CCCCC2)cc1)S(C)(=O)=O.[HH]. The molecule has 1 aliphatic carbocycles. The topological polar surface area (TPSA) is 100 Å². The molecule has 41 heavy (non-hydrogen) atoms. The number of benzene rings is 3. The predicted molar refractivity (Wildman–Crippen MR) is 168 cm³/mol. The quantitative estimate of drug-likeness (QED) is 0.222. The first-order valence-electron chi connectivity index (χ1n) is 13.6. The lowest BCUT2D eigenvalue weighted by molar-refractivity contribution is 0.595. The van der Waals surface area contributed by atoms with Crippen LogP contribution in [0.15, 0.2) is 90.0 Å². The fourth-order valence-electron chi connectivity index (χ4n) is 5.58. The molecule has 0 atom stereocenters. The third-order valence-corrected chi connectivity index (χ3v) is 10.7. The molecule has 7 nitrogen and oxygen atoms in total. The number of nitrogens with one attached hydrogen (secondary N) is 1. The van der Waals surface area contributed by atoms with E-state index in [2.05, 4.69) is 11.1 Å². The van der Waals surface area contributed by atoms with Gasteiger partial charge >= 0.3 is 0 Å². The molecule has 0 fully saturated rings. The van der Waals surface area contributed by atoms with Gasteiger partial charge in [0.1, 0.15) is 5.65 Å². The maximum absolute atomic E-state index is 13.2. The van der Waals surface area contributed by atoms with E-state index in [1.807, 2.05) is 36.5 Å². The van der Waals surface area contributed by atoms with Crippen LogP contribution in [0.25, 0.3) is 38.6 Å². The Kier molecular flexibility index (Phi) is 6.95. The summed E-state index contributed by atoms with van der Waals surface area (Å²) in [6.45, 7) is 0. The van der Waals surface area contributed by atoms with Crippen LogP contribution in [0.3, 0.4) is 0 Å². The normalized spacial score (nSPS) is 14.3. The van der Waals surface area contributed by atoms with Gasteiger partial charge in [-0.05, 0) is 84.3 Å². The van der Waals surface area contributed by atoms with Gasteiger partial charge in [-0.2, -0.15) is 0 Å². The van der Waals surface area contributed by atoms with Gasteiger partial charge in [-0.3, -0.25) is 4.31 Å². The van der Waals surface area contributed by atoms with Crippen LogP contribution < -0.4 is 4.31 Å². The summed E-state index contributed by atoms with van der Waals surface area (Å²) < 4.78 is 51.7. The zero-order valence-corrected chi connectivity index (χ0v) is 24.6. The van der Waals surface area contributed by atoms with Crippen molar-refractivity contribution >= 4 is 53.1 Å². The Bertz CT molecular complexity index is 2020. The van der Waals surface area contributed by atoms with Gasteiger partial charge in [-0.1, -0.05) is 42.5 Å². The minimum Gasteiger partial charge on any atom is -0.339 e. The molecule has 9 heteroatoms. The number of sulfone groups is 1. The van der Waals surface area contributed by atoms with Crippen molar-refractivity contribution in [3.8, 4) is 11.1 Å². The Balaban J connectivity index is 0.00000353. The van der Waals surface area contributed by atoms with Crippen molar-refractivity contribution in [1.29, 1.82) is 0 Å². The summed E-state index contributed by atoms with van der Waals surface area (Å²) in [6.07, 6.45) is 9.54. The molecular weight excluding hydrogens is 555 g/mol. The average Bonchev–Trinajstić information content (AvgIpc) is 3.34. The van der Waals surface area contributed by atoms with Crippen LogP contribution in [0, 0.1) is 0 Å². The number of aromatic nitrogens is 2. The number of anilines is 1. The molecule has 0 unspecified atom stereocenters. The zero-order chi connectivity index (χ0) is 28.8. The van der Waals surface area contributed by atoms with Gasteiger partial charge in [0, 0.05) is 36.5 Å². The van der Waals surface area contributed by atoms with Crippen molar-refractivity contribution < 1.29 is 18.3 Å². The van der Waals surface area contributed by atoms with Crippen LogP contribution >= 0.6 is 0 Å². The van der Waals surface area contributed by atoms with Gasteiger partial charge in [0.25, 0.3) is 0 Å². The first-order valence-corrected chi connectivity index (χ1v) is 17.1. The zero-order valence-electron chi connectivity index (χ0n) is 23.0. The lowest BCUT2D eigenvalue weighted by atomic mass is 9.87. The molecular formula is C32H33N3O4S2. The van der Waals surface area contributed by atoms with Crippen molar-refractivity contribution in [3.05, 3.63) is 96.2 Å². The van der Waals surface area contributed by atoms with E-state index in [0.29, 0.717) is 16.1 Å². The number of H-pyrrole nitrogens is 1. The molecule has 3 aromatic carbocycles. The van der Waals surface area contributed by atoms with E-state index in [4.69, 9.17) is 4.98 Å². The number of nitrogens with zero attached hydrogens (tertiary/aromatic N) is 2. The van der Waals surface area contributed by atoms with E-state index in [9.17, 15) is 16.8 Å². The molecule has 0 aliphatic heterocycles. The molecule has 6 rings (SSSR count). The van der Waals surface area contributed by atoms with Gasteiger partial charge in [-0.25, -0.2) is 21.8 Å². The highest BCUT2D eigenvalue weighted by molar-refractivity contribution is 7.92. The second-order valence-electron chi connectivity index (χ2n) is 10.6. The largest absolute Gasteiger partial charge is 0.339 e. The van der Waals surface area contributed by atoms with E-state index < -0.39 is 19.9 Å². The van der Waals surface area contributed by atoms with Crippen LogP contribution in [0.4, 0.5) is 5.69 Å². The van der Waals surface area contributed by atoms with Crippen molar-refractivity contribution in [2.24, 2.45) is 0 Å². The number of sulfonamides is 1. The molecule has 0 saturated heterocycles. The van der Waals surface area contributed by atoms with Gasteiger partial charge in [0.2, 0.25) is 10.0 Å². The highest BCUT2D eigenvalue weighted by Gasteiger charge is 2.22. The predicted octanol–water partition coefficient (Wildman–Crippen LogP) is 6.96. The van der Waals surface area contributed by atoms with Gasteiger partial charge in [0.05, 0.1) is 22.6 Å². The van der Waals surface area contributed by atoms with Crippen LogP contribution in [0.5, 0.6) is 0 Å². The summed E-state index contributed by atoms with van der Waals surface area (Å²) in [5.74, 6) is -0.0971. The van der Waals surface area contributed by atoms with E-state index in [-0.39, 0.29) is 7.18 Å². The maximum Gasteiger partial charge on any atom is 0.231 e. The summed E-state index contributed by atoms with van der Waals surface area (Å²) in [5.41, 5.74) is 7.18. The first-order chi connectivity index (χ1) is 19.6. The van der Waals surface area contributed by atoms with Gasteiger partial charge in [-0.15, -0.1) is 0 Å². The minimum atomic E-state index is -3.51. The number of pyridine rings is 1. The van der Waals surface area contributed by atoms with Crippen molar-refractivity contribution in [2.75, 3.05) is 17.6 Å². The molecule has 0 radical (unpaired) electrons. The molecule has 0 amide bonds. The van der Waals surface area contributed by atoms with Crippen molar-refractivity contribution in [1.82, 2.24) is 9.97 Å². The number of rotatable bonds is 7. The monoisotopic (exact) mass is 587 g/mol. The third kappa shape index (κ3) is 5.27. The molecule has 1 aliphatic rings. The summed E-state index contributed by atoms with van der Waals surface area (Å²) in [6, 6.07) is 21.8.